The maximum absolute atomic E-state index is 13.5. The smallest absolute Gasteiger partial charge is 0.259 e. The average molecular weight is 479 g/mol. The van der Waals surface area contributed by atoms with Crippen LogP contribution >= 0.6 is 11.3 Å². The highest BCUT2D eigenvalue weighted by atomic mass is 32.1. The SMILES string of the molecule is CCOc1ccccc1NC(=O)c1c(NC(=O)Cc2ccc(OC)cc2)sc2c1CC[C@H](C)C2. The molecule has 3 aromatic rings. The van der Waals surface area contributed by atoms with Gasteiger partial charge in [0.1, 0.15) is 16.5 Å². The van der Waals surface area contributed by atoms with Crippen molar-refractivity contribution in [3.8, 4) is 11.5 Å². The minimum Gasteiger partial charge on any atom is -0.497 e. The molecule has 0 radical (unpaired) electrons. The van der Waals surface area contributed by atoms with Crippen molar-refractivity contribution >= 4 is 33.8 Å². The summed E-state index contributed by atoms with van der Waals surface area (Å²) in [6.07, 6.45) is 3.00. The topological polar surface area (TPSA) is 76.7 Å². The number of anilines is 2. The monoisotopic (exact) mass is 478 g/mol. The highest BCUT2D eigenvalue weighted by molar-refractivity contribution is 7.17. The van der Waals surface area contributed by atoms with E-state index < -0.39 is 0 Å². The Labute approximate surface area is 204 Å². The van der Waals surface area contributed by atoms with Crippen LogP contribution in [0.1, 0.15) is 46.6 Å². The van der Waals surface area contributed by atoms with Crippen LogP contribution in [0.2, 0.25) is 0 Å². The molecule has 1 aliphatic carbocycles. The number of rotatable bonds is 8. The zero-order chi connectivity index (χ0) is 24.1. The standard InChI is InChI=1S/C27H30N2O4S/c1-4-33-22-8-6-5-7-21(22)28-26(31)25-20-14-9-17(2)15-23(20)34-27(25)29-24(30)16-18-10-12-19(32-3)13-11-18/h5-8,10-13,17H,4,9,14-16H2,1-3H3,(H,28,31)(H,29,30)/t17-/m0/s1. The maximum atomic E-state index is 13.5. The molecule has 0 saturated carbocycles. The van der Waals surface area contributed by atoms with Crippen molar-refractivity contribution in [1.82, 2.24) is 0 Å². The minimum atomic E-state index is -0.223. The van der Waals surface area contributed by atoms with E-state index in [9.17, 15) is 9.59 Å². The van der Waals surface area contributed by atoms with Crippen LogP contribution in [0.5, 0.6) is 11.5 Å². The number of amides is 2. The van der Waals surface area contributed by atoms with Crippen molar-refractivity contribution in [3.63, 3.8) is 0 Å². The van der Waals surface area contributed by atoms with Crippen molar-refractivity contribution in [1.29, 1.82) is 0 Å². The van der Waals surface area contributed by atoms with E-state index in [1.54, 1.807) is 7.11 Å². The number of hydrogen-bond donors (Lipinski definition) is 2. The third-order valence-electron chi connectivity index (χ3n) is 5.95. The summed E-state index contributed by atoms with van der Waals surface area (Å²) in [6.45, 7) is 4.64. The van der Waals surface area contributed by atoms with E-state index in [1.165, 1.54) is 16.2 Å². The average Bonchev–Trinajstić information content (AvgIpc) is 3.17. The fraction of sp³-hybridized carbons (Fsp3) is 0.333. The number of para-hydroxylation sites is 2. The molecule has 0 spiro atoms. The fourth-order valence-electron chi connectivity index (χ4n) is 4.21. The molecule has 0 fully saturated rings. The van der Waals surface area contributed by atoms with Gasteiger partial charge in [0.25, 0.3) is 5.91 Å². The van der Waals surface area contributed by atoms with Crippen molar-refractivity contribution < 1.29 is 19.1 Å². The third kappa shape index (κ3) is 5.42. The van der Waals surface area contributed by atoms with Crippen LogP contribution in [-0.4, -0.2) is 25.5 Å². The molecule has 2 N–H and O–H groups in total. The van der Waals surface area contributed by atoms with Crippen molar-refractivity contribution in [3.05, 3.63) is 70.1 Å². The zero-order valence-electron chi connectivity index (χ0n) is 19.8. The number of nitrogens with one attached hydrogen (secondary N) is 2. The number of hydrogen-bond acceptors (Lipinski definition) is 5. The molecular formula is C27H30N2O4S. The normalized spacial score (nSPS) is 14.7. The van der Waals surface area contributed by atoms with Gasteiger partial charge in [-0.15, -0.1) is 11.3 Å². The van der Waals surface area contributed by atoms with Gasteiger partial charge < -0.3 is 20.1 Å². The van der Waals surface area contributed by atoms with E-state index in [1.807, 2.05) is 55.5 Å². The molecule has 1 aromatic heterocycles. The van der Waals surface area contributed by atoms with Crippen LogP contribution < -0.4 is 20.1 Å². The van der Waals surface area contributed by atoms with Gasteiger partial charge in [-0.25, -0.2) is 0 Å². The van der Waals surface area contributed by atoms with Gasteiger partial charge in [-0.05, 0) is 67.5 Å². The van der Waals surface area contributed by atoms with Crippen LogP contribution in [0.3, 0.4) is 0 Å². The number of carbonyl (C=O) groups excluding carboxylic acids is 2. The number of fused-ring (bicyclic) bond motifs is 1. The number of thiophene rings is 1. The van der Waals surface area contributed by atoms with E-state index in [0.717, 1.165) is 36.1 Å². The second-order valence-electron chi connectivity index (χ2n) is 8.51. The van der Waals surface area contributed by atoms with Gasteiger partial charge in [0.05, 0.1) is 31.4 Å². The van der Waals surface area contributed by atoms with E-state index >= 15 is 0 Å². The second kappa shape index (κ2) is 10.7. The predicted octanol–water partition coefficient (Wildman–Crippen LogP) is 5.71. The van der Waals surface area contributed by atoms with Crippen LogP contribution in [0.25, 0.3) is 0 Å². The largest absolute Gasteiger partial charge is 0.497 e. The summed E-state index contributed by atoms with van der Waals surface area (Å²) < 4.78 is 10.9. The Morgan fingerprint density at radius 2 is 1.85 bits per heavy atom. The van der Waals surface area contributed by atoms with Crippen molar-refractivity contribution in [2.75, 3.05) is 24.4 Å². The lowest BCUT2D eigenvalue weighted by Crippen LogP contribution is -2.20. The molecule has 1 atom stereocenters. The van der Waals surface area contributed by atoms with Gasteiger partial charge in [-0.2, -0.15) is 0 Å². The highest BCUT2D eigenvalue weighted by Gasteiger charge is 2.29. The number of benzene rings is 2. The van der Waals surface area contributed by atoms with Crippen LogP contribution in [0.4, 0.5) is 10.7 Å². The summed E-state index contributed by atoms with van der Waals surface area (Å²) in [6, 6.07) is 14.8. The van der Waals surface area contributed by atoms with E-state index in [-0.39, 0.29) is 18.2 Å². The van der Waals surface area contributed by atoms with Gasteiger partial charge >= 0.3 is 0 Å². The van der Waals surface area contributed by atoms with Crippen molar-refractivity contribution in [2.24, 2.45) is 5.92 Å². The first-order chi connectivity index (χ1) is 16.5. The Bertz CT molecular complexity index is 1170. The Morgan fingerprint density at radius 1 is 1.09 bits per heavy atom. The molecule has 6 nitrogen and oxygen atoms in total. The summed E-state index contributed by atoms with van der Waals surface area (Å²) in [4.78, 5) is 27.6. The molecule has 7 heteroatoms. The van der Waals surface area contributed by atoms with E-state index in [0.29, 0.717) is 34.5 Å². The lowest BCUT2D eigenvalue weighted by atomic mass is 9.88. The molecule has 2 amide bonds. The molecule has 178 valence electrons. The summed E-state index contributed by atoms with van der Waals surface area (Å²) >= 11 is 1.52. The fourth-order valence-corrected chi connectivity index (χ4v) is 5.64. The molecule has 2 aromatic carbocycles. The first-order valence-electron chi connectivity index (χ1n) is 11.6. The summed E-state index contributed by atoms with van der Waals surface area (Å²) in [7, 11) is 1.61. The molecule has 1 heterocycles. The number of carbonyl (C=O) groups is 2. The molecule has 0 aliphatic heterocycles. The Hall–Kier alpha value is -3.32. The molecule has 0 bridgehead atoms. The number of methoxy groups -OCH3 is 1. The number of ether oxygens (including phenoxy) is 2. The molecule has 1 aliphatic rings. The first-order valence-corrected chi connectivity index (χ1v) is 12.4. The highest BCUT2D eigenvalue weighted by Crippen LogP contribution is 2.40. The predicted molar refractivity (Wildman–Crippen MR) is 136 cm³/mol. The van der Waals surface area contributed by atoms with Crippen LogP contribution in [0.15, 0.2) is 48.5 Å². The lowest BCUT2D eigenvalue weighted by Gasteiger charge is -2.19. The summed E-state index contributed by atoms with van der Waals surface area (Å²) in [5, 5.41) is 6.65. The minimum absolute atomic E-state index is 0.152. The maximum Gasteiger partial charge on any atom is 0.259 e. The Balaban J connectivity index is 1.59. The van der Waals surface area contributed by atoms with E-state index in [4.69, 9.17) is 9.47 Å². The van der Waals surface area contributed by atoms with Crippen molar-refractivity contribution in [2.45, 2.75) is 39.5 Å². The molecule has 34 heavy (non-hydrogen) atoms. The Kier molecular flexibility index (Phi) is 7.53. The molecular weight excluding hydrogens is 448 g/mol. The van der Waals surface area contributed by atoms with Crippen LogP contribution in [0, 0.1) is 5.92 Å². The molecule has 0 saturated heterocycles. The van der Waals surface area contributed by atoms with Gasteiger partial charge in [-0.3, -0.25) is 9.59 Å². The second-order valence-corrected chi connectivity index (χ2v) is 9.62. The molecule has 4 rings (SSSR count). The first kappa shape index (κ1) is 23.8. The quantitative estimate of drug-likeness (QED) is 0.435. The zero-order valence-corrected chi connectivity index (χ0v) is 20.6. The van der Waals surface area contributed by atoms with E-state index in [2.05, 4.69) is 17.6 Å². The summed E-state index contributed by atoms with van der Waals surface area (Å²) in [5.74, 6) is 1.56. The van der Waals surface area contributed by atoms with Gasteiger partial charge in [-0.1, -0.05) is 31.2 Å². The summed E-state index contributed by atoms with van der Waals surface area (Å²) in [5.41, 5.74) is 3.12. The third-order valence-corrected chi connectivity index (χ3v) is 7.12. The van der Waals surface area contributed by atoms with Gasteiger partial charge in [0.15, 0.2) is 0 Å². The lowest BCUT2D eigenvalue weighted by molar-refractivity contribution is -0.115. The Morgan fingerprint density at radius 3 is 2.59 bits per heavy atom. The molecule has 0 unspecified atom stereocenters. The van der Waals surface area contributed by atoms with Crippen LogP contribution in [-0.2, 0) is 24.1 Å². The van der Waals surface area contributed by atoms with Gasteiger partial charge in [0.2, 0.25) is 5.91 Å². The van der Waals surface area contributed by atoms with Gasteiger partial charge in [0, 0.05) is 4.88 Å².